The van der Waals surface area contributed by atoms with Crippen LogP contribution in [0, 0.1) is 19.8 Å². The third-order valence-electron chi connectivity index (χ3n) is 8.35. The summed E-state index contributed by atoms with van der Waals surface area (Å²) in [5.74, 6) is -2.44. The zero-order chi connectivity index (χ0) is 31.6. The summed E-state index contributed by atoms with van der Waals surface area (Å²) in [4.78, 5) is 58.8. The highest BCUT2D eigenvalue weighted by molar-refractivity contribution is 6.30. The first kappa shape index (κ1) is 31.2. The Morgan fingerprint density at radius 2 is 1.53 bits per heavy atom. The lowest BCUT2D eigenvalue weighted by molar-refractivity contribution is -0.138. The Balaban J connectivity index is 1.91. The predicted molar refractivity (Wildman–Crippen MR) is 165 cm³/mol. The molecule has 0 aliphatic carbocycles. The van der Waals surface area contributed by atoms with Crippen molar-refractivity contribution in [2.75, 3.05) is 0 Å². The second-order valence-electron chi connectivity index (χ2n) is 11.0. The van der Waals surface area contributed by atoms with Crippen LogP contribution in [0.1, 0.15) is 80.6 Å². The summed E-state index contributed by atoms with van der Waals surface area (Å²) in [5.41, 5.74) is 8.40. The quantitative estimate of drug-likeness (QED) is 0.286. The fourth-order valence-corrected chi connectivity index (χ4v) is 5.77. The van der Waals surface area contributed by atoms with Crippen LogP contribution in [0.2, 0.25) is 0 Å². The number of hydrogen-bond acceptors (Lipinski definition) is 4. The van der Waals surface area contributed by atoms with Crippen molar-refractivity contribution >= 4 is 47.7 Å². The van der Waals surface area contributed by atoms with Gasteiger partial charge in [-0.3, -0.25) is 19.2 Å². The van der Waals surface area contributed by atoms with Crippen LogP contribution in [-0.4, -0.2) is 49.6 Å². The lowest BCUT2D eigenvalue weighted by Gasteiger charge is -2.03. The van der Waals surface area contributed by atoms with E-state index < -0.39 is 11.9 Å². The molecule has 1 atom stereocenters. The standard InChI is InChI=1S/C33H38N4O6/c1-7-20-19(6)32(42)37-27(20)14-25-18(5)23(10-12-31(40)41)29(35-25)15-28-22(9-11-30(38)39)17(4)24(34-28)13-26-16(3)21(8-2)33(43)36-26/h7,13-15,19,34-35H,8-12H2,1-6H3,(H,37,42)(H,38,39)(H,40,41)/b20-7+,24-13?,27-14+,28-15+. The van der Waals surface area contributed by atoms with Crippen molar-refractivity contribution in [1.29, 1.82) is 0 Å². The fraction of sp³-hybridized carbons (Fsp3) is 0.364. The van der Waals surface area contributed by atoms with Gasteiger partial charge in [-0.2, -0.15) is 0 Å². The highest BCUT2D eigenvalue weighted by atomic mass is 16.4. The van der Waals surface area contributed by atoms with Gasteiger partial charge in [0.2, 0.25) is 5.91 Å². The van der Waals surface area contributed by atoms with Crippen molar-refractivity contribution in [3.05, 3.63) is 72.8 Å². The molecule has 0 saturated carbocycles. The largest absolute Gasteiger partial charge is 0.481 e. The molecule has 43 heavy (non-hydrogen) atoms. The van der Waals surface area contributed by atoms with E-state index in [-0.39, 0.29) is 43.4 Å². The molecule has 2 amide bonds. The maximum atomic E-state index is 12.3. The Hall–Kier alpha value is -4.73. The summed E-state index contributed by atoms with van der Waals surface area (Å²) < 4.78 is 0. The zero-order valence-corrected chi connectivity index (χ0v) is 25.4. The Morgan fingerprint density at radius 3 is 2.12 bits per heavy atom. The van der Waals surface area contributed by atoms with Crippen LogP contribution in [0.4, 0.5) is 0 Å². The number of carbonyl (C=O) groups excluding carboxylic acids is 2. The minimum atomic E-state index is -0.923. The summed E-state index contributed by atoms with van der Waals surface area (Å²) in [6, 6.07) is 0. The second kappa shape index (κ2) is 12.6. The first-order valence-corrected chi connectivity index (χ1v) is 14.4. The van der Waals surface area contributed by atoms with Crippen molar-refractivity contribution in [3.8, 4) is 0 Å². The van der Waals surface area contributed by atoms with Crippen LogP contribution >= 0.6 is 0 Å². The van der Waals surface area contributed by atoms with Crippen LogP contribution in [0.5, 0.6) is 0 Å². The number of carboxylic acid groups (broad SMARTS) is 2. The number of nitrogens with one attached hydrogen (secondary N) is 3. The summed E-state index contributed by atoms with van der Waals surface area (Å²) in [5, 5.41) is 23.2. The number of carbonyl (C=O) groups is 4. The molecule has 1 saturated heterocycles. The van der Waals surface area contributed by atoms with Gasteiger partial charge in [0.1, 0.15) is 0 Å². The molecular formula is C33H38N4O6. The molecule has 0 aromatic carbocycles. The number of rotatable bonds is 10. The molecular weight excluding hydrogens is 548 g/mol. The van der Waals surface area contributed by atoms with Crippen LogP contribution < -0.4 is 16.0 Å². The van der Waals surface area contributed by atoms with Crippen molar-refractivity contribution in [3.63, 3.8) is 0 Å². The molecule has 0 radical (unpaired) electrons. The number of hydrogen-bond donors (Lipinski definition) is 5. The lowest BCUT2D eigenvalue weighted by Crippen LogP contribution is -2.16. The van der Waals surface area contributed by atoms with Gasteiger partial charge in [-0.05, 0) is 106 Å². The van der Waals surface area contributed by atoms with E-state index in [2.05, 4.69) is 20.3 Å². The van der Waals surface area contributed by atoms with Crippen molar-refractivity contribution < 1.29 is 29.4 Å². The van der Waals surface area contributed by atoms with Gasteiger partial charge in [-0.25, -0.2) is 4.99 Å². The van der Waals surface area contributed by atoms with E-state index in [1.165, 1.54) is 0 Å². The summed E-state index contributed by atoms with van der Waals surface area (Å²) >= 11 is 0. The predicted octanol–water partition coefficient (Wildman–Crippen LogP) is 3.36. The first-order chi connectivity index (χ1) is 20.4. The van der Waals surface area contributed by atoms with Crippen LogP contribution in [0.3, 0.4) is 0 Å². The molecule has 0 bridgehead atoms. The van der Waals surface area contributed by atoms with Gasteiger partial charge in [0.25, 0.3) is 5.91 Å². The molecule has 4 rings (SSSR count). The summed E-state index contributed by atoms with van der Waals surface area (Å²) in [6.45, 7) is 11.3. The average Bonchev–Trinajstić information content (AvgIpc) is 3.59. The molecule has 2 aromatic rings. The van der Waals surface area contributed by atoms with E-state index in [1.807, 2.05) is 65.8 Å². The summed E-state index contributed by atoms with van der Waals surface area (Å²) in [6.07, 6.45) is 8.45. The SMILES string of the molecule is C/C=C1/C(=C\c2[nH]c(/C=c3/[nH]c(=CC4=NC(=O)C(CC)=C4C)c(C)c3CCC(=O)O)c(CCC(=O)O)c2C)NC(=O)C1C. The summed E-state index contributed by atoms with van der Waals surface area (Å²) in [7, 11) is 0. The van der Waals surface area contributed by atoms with Gasteiger partial charge in [-0.15, -0.1) is 0 Å². The van der Waals surface area contributed by atoms with Crippen LogP contribution in [0.25, 0.3) is 18.2 Å². The normalized spacial score (nSPS) is 19.8. The Kier molecular flexibility index (Phi) is 9.18. The Morgan fingerprint density at radius 1 is 0.884 bits per heavy atom. The number of aliphatic imine (C=N–C) groups is 1. The van der Waals surface area contributed by atoms with Crippen molar-refractivity contribution in [1.82, 2.24) is 15.3 Å². The maximum Gasteiger partial charge on any atom is 0.303 e. The molecule has 10 nitrogen and oxygen atoms in total. The van der Waals surface area contributed by atoms with Crippen molar-refractivity contribution in [2.24, 2.45) is 10.9 Å². The molecule has 1 fully saturated rings. The van der Waals surface area contributed by atoms with Gasteiger partial charge in [0.15, 0.2) is 0 Å². The average molecular weight is 587 g/mol. The number of aromatic amines is 2. The molecule has 2 aromatic heterocycles. The zero-order valence-electron chi connectivity index (χ0n) is 25.4. The smallest absolute Gasteiger partial charge is 0.303 e. The maximum absolute atomic E-state index is 12.3. The number of H-pyrrole nitrogens is 2. The molecule has 2 aliphatic heterocycles. The van der Waals surface area contributed by atoms with Gasteiger partial charge in [0.05, 0.1) is 11.6 Å². The number of carboxylic acids is 2. The van der Waals surface area contributed by atoms with E-state index in [1.54, 1.807) is 0 Å². The Labute approximate surface area is 249 Å². The van der Waals surface area contributed by atoms with Gasteiger partial charge < -0.3 is 25.5 Å². The number of allylic oxidation sites excluding steroid dienone is 3. The highest BCUT2D eigenvalue weighted by Crippen LogP contribution is 2.29. The van der Waals surface area contributed by atoms with Crippen LogP contribution in [0.15, 0.2) is 33.5 Å². The first-order valence-electron chi connectivity index (χ1n) is 14.4. The molecule has 226 valence electrons. The van der Waals surface area contributed by atoms with Gasteiger partial charge in [-0.1, -0.05) is 13.0 Å². The van der Waals surface area contributed by atoms with Gasteiger partial charge in [0, 0.05) is 46.2 Å². The molecule has 1 unspecified atom stereocenters. The topological polar surface area (TPSA) is 165 Å². The lowest BCUT2D eigenvalue weighted by atomic mass is 10.00. The van der Waals surface area contributed by atoms with E-state index in [0.29, 0.717) is 39.8 Å². The number of aliphatic carboxylic acids is 2. The number of amides is 2. The highest BCUT2D eigenvalue weighted by Gasteiger charge is 2.29. The third-order valence-corrected chi connectivity index (χ3v) is 8.35. The molecule has 10 heteroatoms. The molecule has 5 N–H and O–H groups in total. The van der Waals surface area contributed by atoms with E-state index in [9.17, 15) is 29.4 Å². The molecule has 2 aliphatic rings. The minimum Gasteiger partial charge on any atom is -0.481 e. The minimum absolute atomic E-state index is 0.0721. The van der Waals surface area contributed by atoms with Gasteiger partial charge >= 0.3 is 11.9 Å². The molecule has 0 spiro atoms. The Bertz CT molecular complexity index is 1780. The van der Waals surface area contributed by atoms with Crippen molar-refractivity contribution in [2.45, 2.75) is 73.6 Å². The van der Waals surface area contributed by atoms with E-state index >= 15 is 0 Å². The van der Waals surface area contributed by atoms with E-state index in [4.69, 9.17) is 0 Å². The monoisotopic (exact) mass is 586 g/mol. The molecule has 4 heterocycles. The number of aromatic nitrogens is 2. The van der Waals surface area contributed by atoms with E-state index in [0.717, 1.165) is 39.1 Å². The second-order valence-corrected chi connectivity index (χ2v) is 11.0. The van der Waals surface area contributed by atoms with Crippen LogP contribution in [-0.2, 0) is 32.0 Å². The number of nitrogens with zero attached hydrogens (tertiary/aromatic N) is 1. The fourth-order valence-electron chi connectivity index (χ4n) is 5.77. The third kappa shape index (κ3) is 6.38.